The third-order valence-electron chi connectivity index (χ3n) is 6.39. The zero-order valence-electron chi connectivity index (χ0n) is 18.9. The topological polar surface area (TPSA) is 102 Å². The summed E-state index contributed by atoms with van der Waals surface area (Å²) < 4.78 is 7.64. The Balaban J connectivity index is 1.27. The van der Waals surface area contributed by atoms with Crippen molar-refractivity contribution in [1.29, 1.82) is 0 Å². The minimum Gasteiger partial charge on any atom is -0.376 e. The lowest BCUT2D eigenvalue weighted by atomic mass is 10.0. The SMILES string of the molecule is O=C(Nc1ccc(-c2n[nH]c(=O)c3ccccc23)cc1)c1nn(CC2CCCO2)c2ccccc12. The fourth-order valence-corrected chi connectivity index (χ4v) is 4.65. The summed E-state index contributed by atoms with van der Waals surface area (Å²) >= 11 is 0. The Hall–Kier alpha value is -4.30. The molecule has 5 aromatic rings. The summed E-state index contributed by atoms with van der Waals surface area (Å²) in [6.45, 7) is 1.40. The van der Waals surface area contributed by atoms with E-state index in [9.17, 15) is 9.59 Å². The van der Waals surface area contributed by atoms with E-state index in [0.717, 1.165) is 41.3 Å². The molecule has 1 amide bonds. The van der Waals surface area contributed by atoms with E-state index >= 15 is 0 Å². The largest absolute Gasteiger partial charge is 0.376 e. The van der Waals surface area contributed by atoms with E-state index in [-0.39, 0.29) is 17.6 Å². The van der Waals surface area contributed by atoms with Crippen molar-refractivity contribution in [2.24, 2.45) is 0 Å². The summed E-state index contributed by atoms with van der Waals surface area (Å²) in [5.41, 5.74) is 3.24. The minimum atomic E-state index is -0.271. The molecule has 1 fully saturated rings. The molecule has 1 saturated heterocycles. The maximum absolute atomic E-state index is 13.2. The van der Waals surface area contributed by atoms with Gasteiger partial charge in [-0.2, -0.15) is 10.2 Å². The van der Waals surface area contributed by atoms with Crippen LogP contribution in [0.3, 0.4) is 0 Å². The molecule has 0 bridgehead atoms. The number of carbonyl (C=O) groups excluding carboxylic acids is 1. The van der Waals surface area contributed by atoms with Crippen molar-refractivity contribution in [3.8, 4) is 11.3 Å². The molecule has 35 heavy (non-hydrogen) atoms. The molecule has 1 unspecified atom stereocenters. The molecule has 0 aliphatic carbocycles. The predicted octanol–water partition coefficient (Wildman–Crippen LogP) is 4.37. The van der Waals surface area contributed by atoms with Gasteiger partial charge in [-0.15, -0.1) is 0 Å². The number of aromatic nitrogens is 4. The van der Waals surface area contributed by atoms with Gasteiger partial charge in [0.15, 0.2) is 5.69 Å². The number of amides is 1. The monoisotopic (exact) mass is 465 g/mol. The summed E-state index contributed by atoms with van der Waals surface area (Å²) in [5, 5.41) is 16.6. The molecule has 3 aromatic carbocycles. The molecule has 8 heteroatoms. The molecule has 0 radical (unpaired) electrons. The van der Waals surface area contributed by atoms with Gasteiger partial charge in [0, 0.05) is 28.6 Å². The van der Waals surface area contributed by atoms with Gasteiger partial charge >= 0.3 is 0 Å². The summed E-state index contributed by atoms with van der Waals surface area (Å²) in [6, 6.07) is 22.5. The van der Waals surface area contributed by atoms with Crippen LogP contribution in [0.1, 0.15) is 23.3 Å². The molecule has 6 rings (SSSR count). The summed E-state index contributed by atoms with van der Waals surface area (Å²) in [7, 11) is 0. The third kappa shape index (κ3) is 3.98. The molecule has 1 aliphatic heterocycles. The van der Waals surface area contributed by atoms with E-state index in [0.29, 0.717) is 29.0 Å². The zero-order valence-corrected chi connectivity index (χ0v) is 18.9. The fourth-order valence-electron chi connectivity index (χ4n) is 4.65. The van der Waals surface area contributed by atoms with Crippen LogP contribution in [0.5, 0.6) is 0 Å². The number of fused-ring (bicyclic) bond motifs is 2. The van der Waals surface area contributed by atoms with Crippen molar-refractivity contribution in [2.75, 3.05) is 11.9 Å². The third-order valence-corrected chi connectivity index (χ3v) is 6.39. The number of aromatic amines is 1. The van der Waals surface area contributed by atoms with E-state index < -0.39 is 0 Å². The molecule has 8 nitrogen and oxygen atoms in total. The van der Waals surface area contributed by atoms with Gasteiger partial charge in [0.25, 0.3) is 11.5 Å². The van der Waals surface area contributed by atoms with Gasteiger partial charge < -0.3 is 10.1 Å². The maximum atomic E-state index is 13.2. The zero-order chi connectivity index (χ0) is 23.8. The fraction of sp³-hybridized carbons (Fsp3) is 0.185. The molecule has 2 N–H and O–H groups in total. The summed E-state index contributed by atoms with van der Waals surface area (Å²) in [4.78, 5) is 25.3. The average molecular weight is 466 g/mol. The first-order valence-electron chi connectivity index (χ1n) is 11.6. The second kappa shape index (κ2) is 8.81. The van der Waals surface area contributed by atoms with Crippen LogP contribution in [-0.2, 0) is 11.3 Å². The van der Waals surface area contributed by atoms with Crippen molar-refractivity contribution in [3.05, 3.63) is 88.8 Å². The first-order valence-corrected chi connectivity index (χ1v) is 11.6. The molecule has 1 aliphatic rings. The van der Waals surface area contributed by atoms with Crippen molar-refractivity contribution in [3.63, 3.8) is 0 Å². The van der Waals surface area contributed by atoms with E-state index in [1.54, 1.807) is 6.07 Å². The second-order valence-corrected chi connectivity index (χ2v) is 8.66. The van der Waals surface area contributed by atoms with Crippen LogP contribution >= 0.6 is 0 Å². The van der Waals surface area contributed by atoms with Crippen molar-refractivity contribution < 1.29 is 9.53 Å². The minimum absolute atomic E-state index is 0.124. The van der Waals surface area contributed by atoms with Crippen molar-refractivity contribution in [1.82, 2.24) is 20.0 Å². The van der Waals surface area contributed by atoms with Crippen LogP contribution in [-0.4, -0.2) is 38.6 Å². The Morgan fingerprint density at radius 3 is 2.51 bits per heavy atom. The number of nitrogens with one attached hydrogen (secondary N) is 2. The Morgan fingerprint density at radius 1 is 1.00 bits per heavy atom. The number of carbonyl (C=O) groups is 1. The quantitative estimate of drug-likeness (QED) is 0.401. The smallest absolute Gasteiger partial charge is 0.276 e. The van der Waals surface area contributed by atoms with E-state index in [1.807, 2.05) is 71.4 Å². The Labute approximate surface area is 200 Å². The molecule has 0 saturated carbocycles. The van der Waals surface area contributed by atoms with E-state index in [1.165, 1.54) is 0 Å². The first-order chi connectivity index (χ1) is 17.2. The maximum Gasteiger partial charge on any atom is 0.276 e. The van der Waals surface area contributed by atoms with Crippen LogP contribution in [0.2, 0.25) is 0 Å². The van der Waals surface area contributed by atoms with E-state index in [2.05, 4.69) is 20.6 Å². The molecule has 174 valence electrons. The van der Waals surface area contributed by atoms with Crippen LogP contribution in [0.15, 0.2) is 77.6 Å². The standard InChI is InChI=1S/C27H23N5O3/c33-26-21-8-2-1-7-20(21)24(29-30-26)17-11-13-18(14-12-17)28-27(34)25-22-9-3-4-10-23(22)32(31-25)16-19-6-5-15-35-19/h1-4,7-14,19H,5-6,15-16H2,(H,28,34)(H,30,33). The Bertz CT molecular complexity index is 1600. The number of benzene rings is 3. The lowest BCUT2D eigenvalue weighted by Crippen LogP contribution is -2.17. The highest BCUT2D eigenvalue weighted by molar-refractivity contribution is 6.11. The molecule has 3 heterocycles. The number of nitrogens with zero attached hydrogens (tertiary/aromatic N) is 3. The number of hydrogen-bond donors (Lipinski definition) is 2. The van der Waals surface area contributed by atoms with Gasteiger partial charge in [-0.25, -0.2) is 5.10 Å². The number of ether oxygens (including phenoxy) is 1. The van der Waals surface area contributed by atoms with Gasteiger partial charge in [-0.05, 0) is 37.1 Å². The number of para-hydroxylation sites is 1. The highest BCUT2D eigenvalue weighted by Gasteiger charge is 2.21. The number of hydrogen-bond acceptors (Lipinski definition) is 5. The first kappa shape index (κ1) is 21.2. The number of anilines is 1. The van der Waals surface area contributed by atoms with Crippen LogP contribution in [0, 0.1) is 0 Å². The normalized spacial score (nSPS) is 15.6. The Kier molecular flexibility index (Phi) is 5.35. The average Bonchev–Trinajstić information content (AvgIpc) is 3.54. The van der Waals surface area contributed by atoms with Crippen molar-refractivity contribution >= 4 is 33.3 Å². The number of rotatable bonds is 5. The van der Waals surface area contributed by atoms with Gasteiger partial charge in [0.05, 0.1) is 29.2 Å². The van der Waals surface area contributed by atoms with Gasteiger partial charge in [-0.3, -0.25) is 14.3 Å². The Morgan fingerprint density at radius 2 is 1.74 bits per heavy atom. The number of H-pyrrole nitrogens is 1. The second-order valence-electron chi connectivity index (χ2n) is 8.66. The lowest BCUT2D eigenvalue weighted by molar-refractivity contribution is 0.0940. The molecule has 0 spiro atoms. The van der Waals surface area contributed by atoms with Gasteiger partial charge in [-0.1, -0.05) is 48.5 Å². The lowest BCUT2D eigenvalue weighted by Gasteiger charge is -2.10. The molecule has 2 aromatic heterocycles. The van der Waals surface area contributed by atoms with E-state index in [4.69, 9.17) is 4.74 Å². The van der Waals surface area contributed by atoms with Crippen LogP contribution in [0.25, 0.3) is 32.9 Å². The molecular formula is C27H23N5O3. The predicted molar refractivity (Wildman–Crippen MR) is 134 cm³/mol. The van der Waals surface area contributed by atoms with Gasteiger partial charge in [0.2, 0.25) is 0 Å². The summed E-state index contributed by atoms with van der Waals surface area (Å²) in [5.74, 6) is -0.271. The summed E-state index contributed by atoms with van der Waals surface area (Å²) in [6.07, 6.45) is 2.18. The van der Waals surface area contributed by atoms with Crippen molar-refractivity contribution in [2.45, 2.75) is 25.5 Å². The highest BCUT2D eigenvalue weighted by Crippen LogP contribution is 2.26. The molecule has 1 atom stereocenters. The van der Waals surface area contributed by atoms with Gasteiger partial charge in [0.1, 0.15) is 0 Å². The van der Waals surface area contributed by atoms with Crippen LogP contribution < -0.4 is 10.9 Å². The highest BCUT2D eigenvalue weighted by atomic mass is 16.5. The molecular weight excluding hydrogens is 442 g/mol. The van der Waals surface area contributed by atoms with Crippen LogP contribution in [0.4, 0.5) is 5.69 Å².